The second kappa shape index (κ2) is 4.03. The van der Waals surface area contributed by atoms with Crippen LogP contribution >= 0.6 is 0 Å². The van der Waals surface area contributed by atoms with E-state index in [2.05, 4.69) is 0 Å². The molecule has 0 aliphatic heterocycles. The molecular formula is C10H11FO2. The summed E-state index contributed by atoms with van der Waals surface area (Å²) in [6, 6.07) is 6.77. The lowest BCUT2D eigenvalue weighted by Crippen LogP contribution is -2.16. The van der Waals surface area contributed by atoms with Gasteiger partial charge in [0.2, 0.25) is 6.15 Å². The molecule has 0 bridgehead atoms. The maximum absolute atomic E-state index is 13.1. The van der Waals surface area contributed by atoms with Crippen molar-refractivity contribution in [1.29, 1.82) is 0 Å². The first-order valence-corrected chi connectivity index (χ1v) is 3.90. The minimum atomic E-state index is -2.94. The van der Waals surface area contributed by atoms with Gasteiger partial charge in [0.05, 0.1) is 1.37 Å². The number of hydrogen-bond acceptors (Lipinski definition) is 1. The van der Waals surface area contributed by atoms with Crippen LogP contribution < -0.4 is 0 Å². The predicted octanol–water partition coefficient (Wildman–Crippen LogP) is 1.96. The molecule has 2 nitrogen and oxygen atoms in total. The van der Waals surface area contributed by atoms with E-state index in [0.29, 0.717) is 5.56 Å². The van der Waals surface area contributed by atoms with Crippen molar-refractivity contribution in [3.05, 3.63) is 35.4 Å². The lowest BCUT2D eigenvalue weighted by molar-refractivity contribution is -0.142. The molecule has 0 saturated carbocycles. The second-order valence-electron chi connectivity index (χ2n) is 2.87. The maximum atomic E-state index is 13.1. The fourth-order valence-electron chi connectivity index (χ4n) is 0.961. The lowest BCUT2D eigenvalue weighted by atomic mass is 10.1. The quantitative estimate of drug-likeness (QED) is 0.777. The van der Waals surface area contributed by atoms with Crippen molar-refractivity contribution in [2.45, 2.75) is 19.5 Å². The number of alkyl halides is 1. The average molecular weight is 183 g/mol. The van der Waals surface area contributed by atoms with Gasteiger partial charge in [-0.1, -0.05) is 29.8 Å². The van der Waals surface area contributed by atoms with E-state index < -0.39 is 18.5 Å². The van der Waals surface area contributed by atoms with Crippen LogP contribution in [-0.4, -0.2) is 17.2 Å². The number of carboxylic acid groups (broad SMARTS) is 1. The van der Waals surface area contributed by atoms with Gasteiger partial charge in [0.15, 0.2) is 0 Å². The smallest absolute Gasteiger partial charge is 0.338 e. The van der Waals surface area contributed by atoms with Crippen LogP contribution in [0.25, 0.3) is 0 Å². The third kappa shape index (κ3) is 2.86. The van der Waals surface area contributed by atoms with E-state index in [1.54, 1.807) is 24.3 Å². The van der Waals surface area contributed by atoms with Gasteiger partial charge in [-0.2, -0.15) is 0 Å². The molecule has 3 heteroatoms. The molecule has 0 heterocycles. The van der Waals surface area contributed by atoms with Gasteiger partial charge in [-0.05, 0) is 12.5 Å². The van der Waals surface area contributed by atoms with Crippen molar-refractivity contribution in [3.8, 4) is 0 Å². The van der Waals surface area contributed by atoms with Crippen LogP contribution in [0.15, 0.2) is 24.3 Å². The standard InChI is InChI=1S/C10H11FO2/c1-7-2-4-8(5-3-7)6-9(11)10(12)13/h2-5,9H,6H2,1H3,(H,12,13)/t9-/m1/s1/i9D. The predicted molar refractivity (Wildman–Crippen MR) is 47.4 cm³/mol. The largest absolute Gasteiger partial charge is 0.479 e. The van der Waals surface area contributed by atoms with E-state index in [4.69, 9.17) is 6.48 Å². The molecule has 0 amide bonds. The number of rotatable bonds is 3. The topological polar surface area (TPSA) is 37.3 Å². The Hall–Kier alpha value is -1.38. The van der Waals surface area contributed by atoms with Crippen molar-refractivity contribution in [1.82, 2.24) is 0 Å². The summed E-state index contributed by atoms with van der Waals surface area (Å²) in [6.45, 7) is 1.88. The third-order valence-corrected chi connectivity index (χ3v) is 1.71. The van der Waals surface area contributed by atoms with Gasteiger partial charge < -0.3 is 5.11 Å². The van der Waals surface area contributed by atoms with Crippen LogP contribution in [0, 0.1) is 6.92 Å². The Morgan fingerprint density at radius 2 is 2.15 bits per heavy atom. The fraction of sp³-hybridized carbons (Fsp3) is 0.300. The summed E-state index contributed by atoms with van der Waals surface area (Å²) in [4.78, 5) is 10.3. The van der Waals surface area contributed by atoms with Crippen LogP contribution in [0.3, 0.4) is 0 Å². The summed E-state index contributed by atoms with van der Waals surface area (Å²) in [6.07, 6.45) is -3.36. The number of aliphatic carboxylic acids is 1. The number of aryl methyl sites for hydroxylation is 1. The van der Waals surface area contributed by atoms with Crippen molar-refractivity contribution in [2.75, 3.05) is 0 Å². The van der Waals surface area contributed by atoms with Crippen molar-refractivity contribution >= 4 is 5.97 Å². The highest BCUT2D eigenvalue weighted by atomic mass is 19.1. The first-order chi connectivity index (χ1) is 6.42. The van der Waals surface area contributed by atoms with E-state index >= 15 is 0 Å². The SMILES string of the molecule is [2H][C@@](F)(Cc1ccc(C)cc1)C(=O)O. The summed E-state index contributed by atoms with van der Waals surface area (Å²) in [5, 5.41) is 8.39. The van der Waals surface area contributed by atoms with Gasteiger partial charge in [-0.3, -0.25) is 0 Å². The third-order valence-electron chi connectivity index (χ3n) is 1.71. The van der Waals surface area contributed by atoms with Gasteiger partial charge in [-0.15, -0.1) is 0 Å². The molecule has 1 atom stereocenters. The molecule has 0 fully saturated rings. The molecule has 0 aliphatic rings. The minimum Gasteiger partial charge on any atom is -0.479 e. The molecule has 0 spiro atoms. The van der Waals surface area contributed by atoms with Gasteiger partial charge in [0.25, 0.3) is 0 Å². The van der Waals surface area contributed by atoms with E-state index in [1.165, 1.54) is 0 Å². The fourth-order valence-corrected chi connectivity index (χ4v) is 0.961. The lowest BCUT2D eigenvalue weighted by Gasteiger charge is -2.03. The number of halogens is 1. The Bertz CT molecular complexity index is 332. The zero-order chi connectivity index (χ0) is 10.8. The van der Waals surface area contributed by atoms with E-state index in [-0.39, 0.29) is 0 Å². The Kier molecular flexibility index (Phi) is 2.55. The van der Waals surface area contributed by atoms with Crippen molar-refractivity contribution in [3.63, 3.8) is 0 Å². The van der Waals surface area contributed by atoms with E-state index in [0.717, 1.165) is 5.56 Å². The number of carboxylic acids is 1. The van der Waals surface area contributed by atoms with Gasteiger partial charge in [0.1, 0.15) is 0 Å². The first kappa shape index (κ1) is 8.23. The Balaban J connectivity index is 2.79. The molecule has 1 N–H and O–H groups in total. The summed E-state index contributed by atoms with van der Waals surface area (Å²) < 4.78 is 20.0. The normalized spacial score (nSPS) is 16.0. The van der Waals surface area contributed by atoms with Gasteiger partial charge >= 0.3 is 5.97 Å². The average Bonchev–Trinajstić information content (AvgIpc) is 2.08. The van der Waals surface area contributed by atoms with Crippen LogP contribution in [0.4, 0.5) is 4.39 Å². The Labute approximate surface area is 77.4 Å². The van der Waals surface area contributed by atoms with Crippen LogP contribution in [0.5, 0.6) is 0 Å². The maximum Gasteiger partial charge on any atom is 0.338 e. The highest BCUT2D eigenvalue weighted by molar-refractivity contribution is 5.72. The molecule has 1 aromatic rings. The number of carbonyl (C=O) groups is 1. The van der Waals surface area contributed by atoms with E-state index in [9.17, 15) is 9.18 Å². The highest BCUT2D eigenvalue weighted by Crippen LogP contribution is 2.07. The van der Waals surface area contributed by atoms with Crippen LogP contribution in [0.1, 0.15) is 12.5 Å². The van der Waals surface area contributed by atoms with Crippen molar-refractivity contribution in [2.24, 2.45) is 0 Å². The molecule has 0 aliphatic carbocycles. The molecule has 0 saturated heterocycles. The molecular weight excluding hydrogens is 171 g/mol. The summed E-state index contributed by atoms with van der Waals surface area (Å²) in [5.74, 6) is -1.75. The molecule has 1 aromatic carbocycles. The Morgan fingerprint density at radius 3 is 2.62 bits per heavy atom. The van der Waals surface area contributed by atoms with Crippen LogP contribution in [-0.2, 0) is 11.2 Å². The second-order valence-corrected chi connectivity index (χ2v) is 2.87. The molecule has 0 unspecified atom stereocenters. The molecule has 1 rings (SSSR count). The van der Waals surface area contributed by atoms with Gasteiger partial charge in [-0.25, -0.2) is 9.18 Å². The van der Waals surface area contributed by atoms with Crippen LogP contribution in [0.2, 0.25) is 0 Å². The number of benzene rings is 1. The zero-order valence-electron chi connectivity index (χ0n) is 8.25. The summed E-state index contributed by atoms with van der Waals surface area (Å²) >= 11 is 0. The van der Waals surface area contributed by atoms with Crippen molar-refractivity contribution < 1.29 is 15.7 Å². The molecule has 70 valence electrons. The monoisotopic (exact) mass is 183 g/mol. The molecule has 0 radical (unpaired) electrons. The van der Waals surface area contributed by atoms with E-state index in [1.807, 2.05) is 6.92 Å². The summed E-state index contributed by atoms with van der Waals surface area (Å²) in [7, 11) is 0. The minimum absolute atomic E-state index is 0.428. The zero-order valence-corrected chi connectivity index (χ0v) is 7.25. The first-order valence-electron chi connectivity index (χ1n) is 4.40. The molecule has 0 aromatic heterocycles. The highest BCUT2D eigenvalue weighted by Gasteiger charge is 2.15. The number of hydrogen-bond donors (Lipinski definition) is 1. The van der Waals surface area contributed by atoms with Gasteiger partial charge in [0, 0.05) is 6.42 Å². The molecule has 13 heavy (non-hydrogen) atoms. The Morgan fingerprint density at radius 1 is 1.62 bits per heavy atom. The summed E-state index contributed by atoms with van der Waals surface area (Å²) in [5.41, 5.74) is 1.52.